The highest BCUT2D eigenvalue weighted by Crippen LogP contribution is 2.49. The zero-order valence-corrected chi connectivity index (χ0v) is 25.4. The van der Waals surface area contributed by atoms with Crippen molar-refractivity contribution in [3.8, 4) is 16.9 Å². The van der Waals surface area contributed by atoms with Crippen LogP contribution in [0.5, 0.6) is 0 Å². The summed E-state index contributed by atoms with van der Waals surface area (Å²) in [4.78, 5) is 28.7. The zero-order valence-electron chi connectivity index (χ0n) is 24.6. The zero-order chi connectivity index (χ0) is 31.7. The maximum absolute atomic E-state index is 15.5. The predicted molar refractivity (Wildman–Crippen MR) is 170 cm³/mol. The smallest absolute Gasteiger partial charge is 0.240 e. The number of aromatic nitrogens is 2. The van der Waals surface area contributed by atoms with Gasteiger partial charge in [-0.3, -0.25) is 14.5 Å². The fraction of sp³-hybridized carbons (Fsp3) is 0.171. The molecular weight excluding hydrogens is 597 g/mol. The van der Waals surface area contributed by atoms with Gasteiger partial charge in [-0.1, -0.05) is 60.7 Å². The molecule has 0 saturated heterocycles. The minimum Gasteiger partial charge on any atom is -0.350 e. The standard InChI is InChI=1S/C35H29F3N4O2S/c1-21-7-6-10-29(22(21)2)42-35-32(33(40-42)24-8-4-3-5-9-24)34(27-16-15-26(37)17-28(27)38)45-20-31(44)41(35)19-30(43)39-18-23-11-13-25(36)14-12-23/h3-17,34H,18-20H2,1-2H3,(H,39,43)/t34-/m0/s1. The van der Waals surface area contributed by atoms with Crippen LogP contribution in [-0.2, 0) is 16.1 Å². The number of rotatable bonds is 7. The Kier molecular flexibility index (Phi) is 8.49. The van der Waals surface area contributed by atoms with Crippen molar-refractivity contribution in [2.75, 3.05) is 17.2 Å². The van der Waals surface area contributed by atoms with Gasteiger partial charge in [-0.25, -0.2) is 17.9 Å². The van der Waals surface area contributed by atoms with Gasteiger partial charge in [0.2, 0.25) is 11.8 Å². The second kappa shape index (κ2) is 12.6. The van der Waals surface area contributed by atoms with Crippen LogP contribution < -0.4 is 10.2 Å². The van der Waals surface area contributed by atoms with Gasteiger partial charge in [0.1, 0.15) is 29.8 Å². The average Bonchev–Trinajstić information content (AvgIpc) is 3.35. The Morgan fingerprint density at radius 1 is 0.933 bits per heavy atom. The number of thioether (sulfide) groups is 1. The average molecular weight is 627 g/mol. The van der Waals surface area contributed by atoms with E-state index in [1.807, 2.05) is 62.4 Å². The molecule has 0 radical (unpaired) electrons. The lowest BCUT2D eigenvalue weighted by atomic mass is 9.99. The minimum atomic E-state index is -0.745. The van der Waals surface area contributed by atoms with E-state index >= 15 is 4.39 Å². The molecule has 0 fully saturated rings. The summed E-state index contributed by atoms with van der Waals surface area (Å²) in [5.74, 6) is -2.37. The van der Waals surface area contributed by atoms with Crippen molar-refractivity contribution < 1.29 is 22.8 Å². The highest BCUT2D eigenvalue weighted by molar-refractivity contribution is 8.00. The van der Waals surface area contributed by atoms with Crippen LogP contribution in [0.3, 0.4) is 0 Å². The molecule has 1 atom stereocenters. The van der Waals surface area contributed by atoms with Crippen LogP contribution in [-0.4, -0.2) is 33.9 Å². The Balaban J connectivity index is 1.54. The molecule has 2 amide bonds. The van der Waals surface area contributed by atoms with E-state index in [9.17, 15) is 18.4 Å². The van der Waals surface area contributed by atoms with E-state index in [1.54, 1.807) is 16.8 Å². The highest BCUT2D eigenvalue weighted by Gasteiger charge is 2.38. The van der Waals surface area contributed by atoms with E-state index in [2.05, 4.69) is 5.32 Å². The summed E-state index contributed by atoms with van der Waals surface area (Å²) in [5, 5.41) is 7.11. The second-order valence-electron chi connectivity index (χ2n) is 10.8. The lowest BCUT2D eigenvalue weighted by Crippen LogP contribution is -2.42. The summed E-state index contributed by atoms with van der Waals surface area (Å²) in [5.41, 5.74) is 5.30. The number of hydrogen-bond donors (Lipinski definition) is 1. The number of benzene rings is 4. The van der Waals surface area contributed by atoms with Gasteiger partial charge in [0, 0.05) is 29.3 Å². The number of nitrogens with zero attached hydrogens (tertiary/aromatic N) is 3. The minimum absolute atomic E-state index is 0.0670. The van der Waals surface area contributed by atoms with Crippen molar-refractivity contribution in [1.82, 2.24) is 15.1 Å². The molecule has 6 rings (SSSR count). The first kappa shape index (κ1) is 30.2. The van der Waals surface area contributed by atoms with E-state index in [0.29, 0.717) is 28.3 Å². The fourth-order valence-electron chi connectivity index (χ4n) is 5.42. The molecule has 228 valence electrons. The molecule has 4 aromatic carbocycles. The molecule has 0 spiro atoms. The summed E-state index contributed by atoms with van der Waals surface area (Å²) >= 11 is 1.20. The number of anilines is 1. The number of carbonyl (C=O) groups is 2. The molecule has 0 aliphatic carbocycles. The molecule has 1 aliphatic rings. The number of hydrogen-bond acceptors (Lipinski definition) is 4. The molecule has 5 aromatic rings. The molecule has 0 unspecified atom stereocenters. The van der Waals surface area contributed by atoms with Gasteiger partial charge < -0.3 is 5.32 Å². The van der Waals surface area contributed by atoms with Crippen LogP contribution in [0, 0.1) is 31.3 Å². The van der Waals surface area contributed by atoms with Crippen molar-refractivity contribution in [1.29, 1.82) is 0 Å². The van der Waals surface area contributed by atoms with Crippen molar-refractivity contribution in [3.05, 3.63) is 136 Å². The maximum atomic E-state index is 15.5. The van der Waals surface area contributed by atoms with Gasteiger partial charge in [0.15, 0.2) is 0 Å². The van der Waals surface area contributed by atoms with Gasteiger partial charge in [-0.05, 0) is 54.8 Å². The summed E-state index contributed by atoms with van der Waals surface area (Å²) in [7, 11) is 0. The second-order valence-corrected chi connectivity index (χ2v) is 11.9. The molecule has 1 aliphatic heterocycles. The van der Waals surface area contributed by atoms with E-state index in [1.165, 1.54) is 40.9 Å². The molecule has 2 heterocycles. The van der Waals surface area contributed by atoms with Crippen molar-refractivity contribution in [2.24, 2.45) is 0 Å². The number of nitrogens with one attached hydrogen (secondary N) is 1. The molecule has 0 saturated carbocycles. The third-order valence-corrected chi connectivity index (χ3v) is 9.13. The van der Waals surface area contributed by atoms with Crippen LogP contribution >= 0.6 is 11.8 Å². The van der Waals surface area contributed by atoms with Crippen molar-refractivity contribution in [3.63, 3.8) is 0 Å². The molecule has 45 heavy (non-hydrogen) atoms. The quantitative estimate of drug-likeness (QED) is 0.210. The topological polar surface area (TPSA) is 67.2 Å². The highest BCUT2D eigenvalue weighted by atomic mass is 32.2. The number of amides is 2. The molecule has 0 bridgehead atoms. The van der Waals surface area contributed by atoms with Crippen LogP contribution in [0.1, 0.15) is 33.1 Å². The van der Waals surface area contributed by atoms with Gasteiger partial charge in [-0.15, -0.1) is 11.8 Å². The molecule has 1 aromatic heterocycles. The molecule has 6 nitrogen and oxygen atoms in total. The van der Waals surface area contributed by atoms with Gasteiger partial charge in [0.05, 0.1) is 22.4 Å². The Bertz CT molecular complexity index is 1890. The Hall–Kier alpha value is -4.83. The summed E-state index contributed by atoms with van der Waals surface area (Å²) in [6.07, 6.45) is 0. The van der Waals surface area contributed by atoms with Crippen molar-refractivity contribution >= 4 is 29.4 Å². The van der Waals surface area contributed by atoms with Gasteiger partial charge in [-0.2, -0.15) is 5.10 Å². The van der Waals surface area contributed by atoms with Crippen LogP contribution in [0.4, 0.5) is 19.0 Å². The van der Waals surface area contributed by atoms with E-state index < -0.39 is 22.8 Å². The van der Waals surface area contributed by atoms with E-state index in [4.69, 9.17) is 5.10 Å². The van der Waals surface area contributed by atoms with Gasteiger partial charge >= 0.3 is 0 Å². The first-order valence-electron chi connectivity index (χ1n) is 14.3. The molecule has 1 N–H and O–H groups in total. The Morgan fingerprint density at radius 2 is 1.67 bits per heavy atom. The normalized spacial score (nSPS) is 14.6. The van der Waals surface area contributed by atoms with Crippen molar-refractivity contribution in [2.45, 2.75) is 25.6 Å². The monoisotopic (exact) mass is 626 g/mol. The largest absolute Gasteiger partial charge is 0.350 e. The predicted octanol–water partition coefficient (Wildman–Crippen LogP) is 7.06. The van der Waals surface area contributed by atoms with Crippen LogP contribution in [0.15, 0.2) is 91.0 Å². The first-order valence-corrected chi connectivity index (χ1v) is 15.4. The van der Waals surface area contributed by atoms with Crippen LogP contribution in [0.2, 0.25) is 0 Å². The Labute approximate surface area is 262 Å². The molecule has 10 heteroatoms. The third-order valence-electron chi connectivity index (χ3n) is 7.89. The first-order chi connectivity index (χ1) is 21.7. The van der Waals surface area contributed by atoms with Crippen LogP contribution in [0.25, 0.3) is 16.9 Å². The lowest BCUT2D eigenvalue weighted by Gasteiger charge is -2.24. The summed E-state index contributed by atoms with van der Waals surface area (Å²) in [6, 6.07) is 24.3. The number of aryl methyl sites for hydroxylation is 1. The SMILES string of the molecule is Cc1cccc(-n2nc(-c3ccccc3)c3c2N(CC(=O)NCc2ccc(F)cc2)C(=O)CS[C@H]3c2ccc(F)cc2F)c1C. The molecular formula is C35H29F3N4O2S. The summed E-state index contributed by atoms with van der Waals surface area (Å²) in [6.45, 7) is 3.72. The van der Waals surface area contributed by atoms with E-state index in [0.717, 1.165) is 22.8 Å². The Morgan fingerprint density at radius 3 is 2.40 bits per heavy atom. The maximum Gasteiger partial charge on any atom is 0.240 e. The summed E-state index contributed by atoms with van der Waals surface area (Å²) < 4.78 is 44.5. The number of halogens is 3. The van der Waals surface area contributed by atoms with E-state index in [-0.39, 0.29) is 36.1 Å². The fourth-order valence-corrected chi connectivity index (χ4v) is 6.64. The van der Waals surface area contributed by atoms with Gasteiger partial charge in [0.25, 0.3) is 0 Å². The number of fused-ring (bicyclic) bond motifs is 1. The number of carbonyl (C=O) groups excluding carboxylic acids is 2. The third kappa shape index (κ3) is 6.10. The lowest BCUT2D eigenvalue weighted by molar-refractivity contribution is -0.123.